The molecule has 0 aliphatic carbocycles. The predicted octanol–water partition coefficient (Wildman–Crippen LogP) is 2.63. The van der Waals surface area contributed by atoms with Crippen molar-refractivity contribution in [3.05, 3.63) is 60.1 Å². The van der Waals surface area contributed by atoms with Gasteiger partial charge in [0.05, 0.1) is 11.8 Å². The highest BCUT2D eigenvalue weighted by Crippen LogP contribution is 2.11. The van der Waals surface area contributed by atoms with Gasteiger partial charge in [-0.25, -0.2) is 4.79 Å². The van der Waals surface area contributed by atoms with E-state index in [1.807, 2.05) is 0 Å². The van der Waals surface area contributed by atoms with Crippen molar-refractivity contribution in [3.8, 4) is 0 Å². The van der Waals surface area contributed by atoms with E-state index in [9.17, 15) is 9.59 Å². The fourth-order valence-electron chi connectivity index (χ4n) is 1.46. The topological polar surface area (TPSA) is 79.5 Å². The van der Waals surface area contributed by atoms with Crippen LogP contribution >= 0.6 is 0 Å². The van der Waals surface area contributed by atoms with Gasteiger partial charge < -0.3 is 14.8 Å². The van der Waals surface area contributed by atoms with Crippen LogP contribution in [-0.4, -0.2) is 17.0 Å². The molecule has 0 aliphatic rings. The Kier molecular flexibility index (Phi) is 3.78. The molecule has 0 saturated carbocycles. The van der Waals surface area contributed by atoms with Crippen LogP contribution in [0.15, 0.2) is 53.2 Å². The minimum absolute atomic E-state index is 0.118. The number of hydrogen-bond donors (Lipinski definition) is 2. The number of rotatable bonds is 4. The summed E-state index contributed by atoms with van der Waals surface area (Å²) >= 11 is 0. The van der Waals surface area contributed by atoms with Crippen molar-refractivity contribution in [2.75, 3.05) is 5.32 Å². The summed E-state index contributed by atoms with van der Waals surface area (Å²) in [5.41, 5.74) is 0.543. The lowest BCUT2D eigenvalue weighted by Gasteiger charge is -2.02. The molecule has 1 amide bonds. The number of carboxylic acid groups (broad SMARTS) is 1. The number of carbonyl (C=O) groups excluding carboxylic acids is 1. The molecular formula is C14H11NO4. The Bertz CT molecular complexity index is 614. The van der Waals surface area contributed by atoms with E-state index in [2.05, 4.69) is 5.32 Å². The van der Waals surface area contributed by atoms with E-state index in [1.165, 1.54) is 30.5 Å². The van der Waals surface area contributed by atoms with Crippen LogP contribution in [0.5, 0.6) is 0 Å². The average Bonchev–Trinajstić information content (AvgIpc) is 2.90. The van der Waals surface area contributed by atoms with E-state index in [0.717, 1.165) is 0 Å². The number of carboxylic acids is 1. The molecule has 2 rings (SSSR count). The van der Waals surface area contributed by atoms with Crippen molar-refractivity contribution in [1.29, 1.82) is 0 Å². The van der Waals surface area contributed by atoms with Crippen LogP contribution in [0.4, 0.5) is 5.69 Å². The minimum atomic E-state index is -1.04. The molecule has 0 fully saturated rings. The Hall–Kier alpha value is -2.82. The fraction of sp³-hybridized carbons (Fsp3) is 0. The zero-order valence-electron chi connectivity index (χ0n) is 9.87. The summed E-state index contributed by atoms with van der Waals surface area (Å²) in [5, 5.41) is 11.4. The summed E-state index contributed by atoms with van der Waals surface area (Å²) < 4.78 is 5.04. The number of carbonyl (C=O) groups is 2. The molecule has 0 unspecified atom stereocenters. The summed E-state index contributed by atoms with van der Waals surface area (Å²) in [7, 11) is 0. The van der Waals surface area contributed by atoms with E-state index in [4.69, 9.17) is 9.52 Å². The zero-order valence-corrected chi connectivity index (χ0v) is 9.87. The first-order valence-electron chi connectivity index (χ1n) is 5.51. The molecule has 1 heterocycles. The quantitative estimate of drug-likeness (QED) is 0.825. The molecule has 0 atom stereocenters. The van der Waals surface area contributed by atoms with Crippen molar-refractivity contribution in [2.24, 2.45) is 0 Å². The molecule has 19 heavy (non-hydrogen) atoms. The first kappa shape index (κ1) is 12.6. The van der Waals surface area contributed by atoms with Crippen molar-refractivity contribution in [3.63, 3.8) is 0 Å². The Balaban J connectivity index is 2.03. The highest BCUT2D eigenvalue weighted by Gasteiger charge is 2.04. The number of amides is 1. The highest BCUT2D eigenvalue weighted by atomic mass is 16.4. The standard InChI is InChI=1S/C14H11NO4/c16-13(7-6-12-5-2-8-19-12)15-11-4-1-3-10(9-11)14(17)18/h1-9H,(H,15,16)(H,17,18)/b7-6+. The molecule has 2 aromatic rings. The summed E-state index contributed by atoms with van der Waals surface area (Å²) in [4.78, 5) is 22.4. The minimum Gasteiger partial charge on any atom is -0.478 e. The molecule has 0 spiro atoms. The van der Waals surface area contributed by atoms with Gasteiger partial charge in [-0.2, -0.15) is 0 Å². The highest BCUT2D eigenvalue weighted by molar-refractivity contribution is 6.02. The molecule has 1 aromatic carbocycles. The largest absolute Gasteiger partial charge is 0.478 e. The Morgan fingerprint density at radius 1 is 1.21 bits per heavy atom. The maximum absolute atomic E-state index is 11.6. The third kappa shape index (κ3) is 3.57. The summed E-state index contributed by atoms with van der Waals surface area (Å²) in [6.45, 7) is 0. The van der Waals surface area contributed by atoms with Gasteiger partial charge in [0.25, 0.3) is 0 Å². The van der Waals surface area contributed by atoms with E-state index < -0.39 is 5.97 Å². The smallest absolute Gasteiger partial charge is 0.335 e. The van der Waals surface area contributed by atoms with Crippen molar-refractivity contribution < 1.29 is 19.1 Å². The Morgan fingerprint density at radius 2 is 2.05 bits per heavy atom. The predicted molar refractivity (Wildman–Crippen MR) is 69.8 cm³/mol. The molecule has 0 radical (unpaired) electrons. The monoisotopic (exact) mass is 257 g/mol. The number of hydrogen-bond acceptors (Lipinski definition) is 3. The van der Waals surface area contributed by atoms with Crippen LogP contribution in [-0.2, 0) is 4.79 Å². The van der Waals surface area contributed by atoms with Gasteiger partial charge in [-0.05, 0) is 36.4 Å². The Labute approximate surface area is 109 Å². The Morgan fingerprint density at radius 3 is 2.74 bits per heavy atom. The van der Waals surface area contributed by atoms with E-state index in [1.54, 1.807) is 24.3 Å². The molecular weight excluding hydrogens is 246 g/mol. The summed E-state index contributed by atoms with van der Waals surface area (Å²) in [6, 6.07) is 9.46. The van der Waals surface area contributed by atoms with Crippen molar-refractivity contribution in [1.82, 2.24) is 0 Å². The first-order chi connectivity index (χ1) is 9.15. The molecule has 0 aliphatic heterocycles. The van der Waals surface area contributed by atoms with Crippen LogP contribution in [0.1, 0.15) is 16.1 Å². The summed E-state index contributed by atoms with van der Waals surface area (Å²) in [6.07, 6.45) is 4.34. The number of nitrogens with one attached hydrogen (secondary N) is 1. The van der Waals surface area contributed by atoms with Crippen LogP contribution in [0.2, 0.25) is 0 Å². The second-order valence-electron chi connectivity index (χ2n) is 3.72. The lowest BCUT2D eigenvalue weighted by Crippen LogP contribution is -2.08. The zero-order chi connectivity index (χ0) is 13.7. The second-order valence-corrected chi connectivity index (χ2v) is 3.72. The number of furan rings is 1. The van der Waals surface area contributed by atoms with Crippen LogP contribution in [0, 0.1) is 0 Å². The van der Waals surface area contributed by atoms with Crippen LogP contribution in [0.3, 0.4) is 0 Å². The van der Waals surface area contributed by atoms with Crippen molar-refractivity contribution in [2.45, 2.75) is 0 Å². The lowest BCUT2D eigenvalue weighted by molar-refractivity contribution is -0.111. The van der Waals surface area contributed by atoms with Gasteiger partial charge in [0.2, 0.25) is 5.91 Å². The molecule has 0 bridgehead atoms. The van der Waals surface area contributed by atoms with E-state index in [0.29, 0.717) is 11.4 Å². The van der Waals surface area contributed by atoms with Crippen molar-refractivity contribution >= 4 is 23.6 Å². The maximum Gasteiger partial charge on any atom is 0.335 e. The number of anilines is 1. The lowest BCUT2D eigenvalue weighted by atomic mass is 10.2. The van der Waals surface area contributed by atoms with Gasteiger partial charge in [0.1, 0.15) is 5.76 Å². The van der Waals surface area contributed by atoms with Crippen LogP contribution in [0.25, 0.3) is 6.08 Å². The van der Waals surface area contributed by atoms with Gasteiger partial charge in [0, 0.05) is 11.8 Å². The van der Waals surface area contributed by atoms with Crippen LogP contribution < -0.4 is 5.32 Å². The number of aromatic carboxylic acids is 1. The fourth-order valence-corrected chi connectivity index (χ4v) is 1.46. The van der Waals surface area contributed by atoms with Gasteiger partial charge in [-0.15, -0.1) is 0 Å². The SMILES string of the molecule is O=C(/C=C/c1ccco1)Nc1cccc(C(=O)O)c1. The molecule has 2 N–H and O–H groups in total. The van der Waals surface area contributed by atoms with E-state index >= 15 is 0 Å². The van der Waals surface area contributed by atoms with Gasteiger partial charge in [-0.1, -0.05) is 6.07 Å². The normalized spacial score (nSPS) is 10.5. The van der Waals surface area contributed by atoms with Gasteiger partial charge in [0.15, 0.2) is 0 Å². The second kappa shape index (κ2) is 5.68. The molecule has 5 heteroatoms. The van der Waals surface area contributed by atoms with Gasteiger partial charge >= 0.3 is 5.97 Å². The van der Waals surface area contributed by atoms with Gasteiger partial charge in [-0.3, -0.25) is 4.79 Å². The average molecular weight is 257 g/mol. The third-order valence-electron chi connectivity index (χ3n) is 2.32. The molecule has 0 saturated heterocycles. The van der Waals surface area contributed by atoms with E-state index in [-0.39, 0.29) is 11.5 Å². The maximum atomic E-state index is 11.6. The first-order valence-corrected chi connectivity index (χ1v) is 5.51. The third-order valence-corrected chi connectivity index (χ3v) is 2.32. The molecule has 5 nitrogen and oxygen atoms in total. The summed E-state index contributed by atoms with van der Waals surface area (Å²) in [5.74, 6) is -0.837. The number of benzene rings is 1. The molecule has 96 valence electrons. The molecule has 1 aromatic heterocycles.